The monoisotopic (exact) mass is 419 g/mol. The van der Waals surface area contributed by atoms with E-state index >= 15 is 0 Å². The maximum absolute atomic E-state index is 13.5. The highest BCUT2D eigenvalue weighted by molar-refractivity contribution is 8.04. The van der Waals surface area contributed by atoms with Crippen molar-refractivity contribution < 1.29 is 18.7 Å². The minimum absolute atomic E-state index is 0.248. The van der Waals surface area contributed by atoms with E-state index in [1.54, 1.807) is 12.1 Å². The number of hydrogen-bond acceptors (Lipinski definition) is 4. The van der Waals surface area contributed by atoms with Crippen LogP contribution in [0, 0.1) is 12.7 Å². The molecule has 0 bridgehead atoms. The minimum Gasteiger partial charge on any atom is -0.495 e. The van der Waals surface area contributed by atoms with E-state index in [0.29, 0.717) is 21.9 Å². The molecule has 0 N–H and O–H groups in total. The molecule has 0 unspecified atom stereocenters. The Labute approximate surface area is 178 Å². The third-order valence-electron chi connectivity index (χ3n) is 4.71. The Balaban J connectivity index is 1.86. The lowest BCUT2D eigenvalue weighted by molar-refractivity contribution is -0.119. The fourth-order valence-corrected chi connectivity index (χ4v) is 4.29. The number of carbonyl (C=O) groups is 2. The quantitative estimate of drug-likeness (QED) is 0.532. The van der Waals surface area contributed by atoms with Crippen LogP contribution in [-0.2, 0) is 9.59 Å². The third-order valence-corrected chi connectivity index (χ3v) is 5.80. The first-order chi connectivity index (χ1) is 14.5. The molecule has 150 valence electrons. The lowest BCUT2D eigenvalue weighted by Crippen LogP contribution is -2.31. The average Bonchev–Trinajstić information content (AvgIpc) is 2.99. The molecule has 2 amide bonds. The van der Waals surface area contributed by atoms with Crippen molar-refractivity contribution in [2.75, 3.05) is 12.0 Å². The molecule has 0 saturated carbocycles. The molecule has 3 aromatic carbocycles. The Morgan fingerprint density at radius 3 is 2.27 bits per heavy atom. The van der Waals surface area contributed by atoms with Crippen molar-refractivity contribution in [1.82, 2.24) is 0 Å². The Hall–Kier alpha value is -3.38. The molecule has 30 heavy (non-hydrogen) atoms. The largest absolute Gasteiger partial charge is 0.495 e. The molecule has 0 atom stereocenters. The van der Waals surface area contributed by atoms with Crippen molar-refractivity contribution >= 4 is 34.8 Å². The number of anilines is 1. The van der Waals surface area contributed by atoms with Gasteiger partial charge >= 0.3 is 0 Å². The van der Waals surface area contributed by atoms with Gasteiger partial charge in [0.1, 0.15) is 11.6 Å². The average molecular weight is 419 g/mol. The number of ether oxygens (including phenoxy) is 1. The van der Waals surface area contributed by atoms with Gasteiger partial charge in [-0.15, -0.1) is 0 Å². The molecule has 0 aliphatic carbocycles. The topological polar surface area (TPSA) is 46.6 Å². The van der Waals surface area contributed by atoms with E-state index in [2.05, 4.69) is 0 Å². The van der Waals surface area contributed by atoms with Gasteiger partial charge in [-0.1, -0.05) is 48.2 Å². The van der Waals surface area contributed by atoms with Crippen LogP contribution in [0.1, 0.15) is 11.1 Å². The summed E-state index contributed by atoms with van der Waals surface area (Å²) in [6.45, 7) is 1.88. The molecule has 4 nitrogen and oxygen atoms in total. The summed E-state index contributed by atoms with van der Waals surface area (Å²) < 4.78 is 18.9. The van der Waals surface area contributed by atoms with Gasteiger partial charge < -0.3 is 4.74 Å². The summed E-state index contributed by atoms with van der Waals surface area (Å²) in [6, 6.07) is 20.2. The van der Waals surface area contributed by atoms with Crippen molar-refractivity contribution in [3.05, 3.63) is 94.6 Å². The summed E-state index contributed by atoms with van der Waals surface area (Å²) in [6.07, 6.45) is 0. The highest BCUT2D eigenvalue weighted by Gasteiger charge is 2.41. The molecule has 0 fully saturated rings. The highest BCUT2D eigenvalue weighted by Crippen LogP contribution is 2.43. The molecule has 0 saturated heterocycles. The van der Waals surface area contributed by atoms with E-state index in [4.69, 9.17) is 4.74 Å². The molecule has 3 aromatic rings. The number of thioether (sulfide) groups is 1. The van der Waals surface area contributed by atoms with Crippen LogP contribution in [0.2, 0.25) is 0 Å². The standard InChI is InChI=1S/C24H18FNO3S/c1-15-8-13-20(29-2)19(14-15)26-23(27)21(16-9-11-17(25)12-10-16)22(24(26)28)30-18-6-4-3-5-7-18/h3-14H,1-2H3. The third kappa shape index (κ3) is 3.62. The van der Waals surface area contributed by atoms with Crippen molar-refractivity contribution in [3.63, 3.8) is 0 Å². The Bertz CT molecular complexity index is 1160. The maximum atomic E-state index is 13.5. The van der Waals surface area contributed by atoms with Crippen LogP contribution in [0.4, 0.5) is 10.1 Å². The smallest absolute Gasteiger partial charge is 0.273 e. The predicted molar refractivity (Wildman–Crippen MR) is 116 cm³/mol. The number of halogens is 1. The second-order valence-electron chi connectivity index (χ2n) is 6.75. The van der Waals surface area contributed by atoms with Crippen molar-refractivity contribution in [1.29, 1.82) is 0 Å². The molecule has 1 aliphatic rings. The number of benzene rings is 3. The lowest BCUT2D eigenvalue weighted by Gasteiger charge is -2.19. The van der Waals surface area contributed by atoms with E-state index in [0.717, 1.165) is 15.4 Å². The van der Waals surface area contributed by atoms with Crippen LogP contribution in [0.5, 0.6) is 5.75 Å². The van der Waals surface area contributed by atoms with E-state index in [1.165, 1.54) is 43.1 Å². The number of carbonyl (C=O) groups excluding carboxylic acids is 2. The predicted octanol–water partition coefficient (Wildman–Crippen LogP) is 5.22. The summed E-state index contributed by atoms with van der Waals surface area (Å²) in [5, 5.41) is 0. The summed E-state index contributed by atoms with van der Waals surface area (Å²) in [7, 11) is 1.49. The summed E-state index contributed by atoms with van der Waals surface area (Å²) in [5.41, 5.74) is 2.01. The van der Waals surface area contributed by atoms with Crippen LogP contribution in [0.15, 0.2) is 82.6 Å². The van der Waals surface area contributed by atoms with E-state index in [-0.39, 0.29) is 5.57 Å². The van der Waals surface area contributed by atoms with Gasteiger partial charge in [0.15, 0.2) is 0 Å². The van der Waals surface area contributed by atoms with E-state index in [9.17, 15) is 14.0 Å². The highest BCUT2D eigenvalue weighted by atomic mass is 32.2. The molecule has 1 aliphatic heterocycles. The second-order valence-corrected chi connectivity index (χ2v) is 7.83. The van der Waals surface area contributed by atoms with Gasteiger partial charge in [0.05, 0.1) is 23.3 Å². The van der Waals surface area contributed by atoms with E-state index in [1.807, 2.05) is 43.3 Å². The van der Waals surface area contributed by atoms with Crippen molar-refractivity contribution in [3.8, 4) is 5.75 Å². The fraction of sp³-hybridized carbons (Fsp3) is 0.0833. The lowest BCUT2D eigenvalue weighted by atomic mass is 10.1. The number of amides is 2. The van der Waals surface area contributed by atoms with Gasteiger partial charge in [-0.05, 0) is 54.4 Å². The molecule has 0 radical (unpaired) electrons. The van der Waals surface area contributed by atoms with Gasteiger partial charge in [-0.2, -0.15) is 0 Å². The van der Waals surface area contributed by atoms with E-state index < -0.39 is 17.6 Å². The number of hydrogen-bond donors (Lipinski definition) is 0. The first kappa shape index (κ1) is 19.9. The first-order valence-corrected chi connectivity index (χ1v) is 10.1. The minimum atomic E-state index is -0.464. The molecular formula is C24H18FNO3S. The molecule has 0 aromatic heterocycles. The van der Waals surface area contributed by atoms with Gasteiger partial charge in [0.2, 0.25) is 0 Å². The van der Waals surface area contributed by atoms with Crippen LogP contribution in [-0.4, -0.2) is 18.9 Å². The van der Waals surface area contributed by atoms with Crippen molar-refractivity contribution in [2.24, 2.45) is 0 Å². The number of imide groups is 1. The Morgan fingerprint density at radius 2 is 1.60 bits per heavy atom. The summed E-state index contributed by atoms with van der Waals surface area (Å²) >= 11 is 1.22. The van der Waals surface area contributed by atoms with Crippen LogP contribution >= 0.6 is 11.8 Å². The second kappa shape index (κ2) is 8.16. The molecular weight excluding hydrogens is 401 g/mol. The molecule has 1 heterocycles. The Kier molecular flexibility index (Phi) is 5.42. The molecule has 4 rings (SSSR count). The number of aryl methyl sites for hydroxylation is 1. The van der Waals surface area contributed by atoms with Crippen LogP contribution in [0.3, 0.4) is 0 Å². The van der Waals surface area contributed by atoms with Crippen molar-refractivity contribution in [2.45, 2.75) is 11.8 Å². The molecule has 6 heteroatoms. The molecule has 0 spiro atoms. The summed E-state index contributed by atoms with van der Waals surface area (Å²) in [5.74, 6) is -0.886. The number of methoxy groups -OCH3 is 1. The maximum Gasteiger partial charge on any atom is 0.273 e. The Morgan fingerprint density at radius 1 is 0.900 bits per heavy atom. The van der Waals surface area contributed by atoms with Crippen LogP contribution < -0.4 is 9.64 Å². The first-order valence-electron chi connectivity index (χ1n) is 9.26. The normalized spacial score (nSPS) is 13.9. The zero-order valence-electron chi connectivity index (χ0n) is 16.4. The number of nitrogens with zero attached hydrogens (tertiary/aromatic N) is 1. The van der Waals surface area contributed by atoms with Gasteiger partial charge in [-0.3, -0.25) is 9.59 Å². The zero-order valence-corrected chi connectivity index (χ0v) is 17.2. The fourth-order valence-electron chi connectivity index (χ4n) is 3.28. The van der Waals surface area contributed by atoms with Gasteiger partial charge in [-0.25, -0.2) is 9.29 Å². The van der Waals surface area contributed by atoms with Crippen LogP contribution in [0.25, 0.3) is 5.57 Å². The zero-order chi connectivity index (χ0) is 21.3. The summed E-state index contributed by atoms with van der Waals surface area (Å²) in [4.78, 5) is 29.2. The SMILES string of the molecule is COc1ccc(C)cc1N1C(=O)C(Sc2ccccc2)=C(c2ccc(F)cc2)C1=O. The van der Waals surface area contributed by atoms with Gasteiger partial charge in [0.25, 0.3) is 11.8 Å². The van der Waals surface area contributed by atoms with Gasteiger partial charge in [0, 0.05) is 4.90 Å². The number of rotatable bonds is 5.